The Balaban J connectivity index is 2.00. The fourth-order valence-corrected chi connectivity index (χ4v) is 2.54. The van der Waals surface area contributed by atoms with Gasteiger partial charge in [0.15, 0.2) is 0 Å². The van der Waals surface area contributed by atoms with E-state index < -0.39 is 0 Å². The molecule has 1 N–H and O–H groups in total. The minimum Gasteiger partial charge on any atom is -0.324 e. The molecule has 0 aliphatic carbocycles. The molecule has 1 heterocycles. The Morgan fingerprint density at radius 2 is 1.81 bits per heavy atom. The smallest absolute Gasteiger partial charge is 0.212 e. The number of halogens is 2. The Labute approximate surface area is 133 Å². The van der Waals surface area contributed by atoms with E-state index in [0.717, 1.165) is 17.1 Å². The van der Waals surface area contributed by atoms with Gasteiger partial charge in [-0.05, 0) is 37.3 Å². The molecule has 0 fully saturated rings. The lowest BCUT2D eigenvalue weighted by molar-refractivity contribution is 1.06. The van der Waals surface area contributed by atoms with E-state index in [2.05, 4.69) is 10.3 Å². The first kappa shape index (κ1) is 14.0. The summed E-state index contributed by atoms with van der Waals surface area (Å²) < 4.78 is 1.99. The standard InChI is InChI=1S/C16H13Cl2N3/c1-11-10-21(13-5-3-2-4-6-13)16(19-11)20-15-8-7-12(17)9-14(15)18/h2-10H,1H3,(H,19,20). The number of benzene rings is 2. The van der Waals surface area contributed by atoms with Crippen molar-refractivity contribution in [1.82, 2.24) is 9.55 Å². The van der Waals surface area contributed by atoms with Gasteiger partial charge in [-0.1, -0.05) is 41.4 Å². The maximum absolute atomic E-state index is 6.20. The quantitative estimate of drug-likeness (QED) is 0.716. The molecular formula is C16H13Cl2N3. The summed E-state index contributed by atoms with van der Waals surface area (Å²) in [6, 6.07) is 15.3. The van der Waals surface area contributed by atoms with Gasteiger partial charge in [-0.3, -0.25) is 4.57 Å². The number of imidazole rings is 1. The lowest BCUT2D eigenvalue weighted by Crippen LogP contribution is -2.01. The molecule has 0 atom stereocenters. The number of aryl methyl sites for hydroxylation is 1. The Bertz CT molecular complexity index is 766. The van der Waals surface area contributed by atoms with Crippen LogP contribution in [0.2, 0.25) is 10.0 Å². The first-order chi connectivity index (χ1) is 10.1. The molecule has 0 saturated heterocycles. The molecule has 0 aliphatic rings. The van der Waals surface area contributed by atoms with E-state index in [0.29, 0.717) is 16.0 Å². The molecule has 3 nitrogen and oxygen atoms in total. The average Bonchev–Trinajstić information content (AvgIpc) is 2.84. The number of rotatable bonds is 3. The van der Waals surface area contributed by atoms with E-state index in [1.807, 2.05) is 54.1 Å². The highest BCUT2D eigenvalue weighted by atomic mass is 35.5. The Morgan fingerprint density at radius 3 is 2.52 bits per heavy atom. The number of hydrogen-bond acceptors (Lipinski definition) is 2. The highest BCUT2D eigenvalue weighted by molar-refractivity contribution is 6.36. The van der Waals surface area contributed by atoms with Gasteiger partial charge in [0, 0.05) is 16.9 Å². The van der Waals surface area contributed by atoms with Gasteiger partial charge in [0.2, 0.25) is 5.95 Å². The van der Waals surface area contributed by atoms with Crippen molar-refractivity contribution in [3.63, 3.8) is 0 Å². The average molecular weight is 318 g/mol. The third kappa shape index (κ3) is 3.04. The molecule has 0 saturated carbocycles. The van der Waals surface area contributed by atoms with Crippen molar-refractivity contribution in [2.45, 2.75) is 6.92 Å². The summed E-state index contributed by atoms with van der Waals surface area (Å²) in [5.41, 5.74) is 2.72. The van der Waals surface area contributed by atoms with E-state index >= 15 is 0 Å². The zero-order valence-electron chi connectivity index (χ0n) is 11.3. The molecule has 0 amide bonds. The molecule has 3 rings (SSSR count). The van der Waals surface area contributed by atoms with Crippen LogP contribution in [0.3, 0.4) is 0 Å². The zero-order valence-corrected chi connectivity index (χ0v) is 12.9. The lowest BCUT2D eigenvalue weighted by Gasteiger charge is -2.11. The van der Waals surface area contributed by atoms with Crippen LogP contribution >= 0.6 is 23.2 Å². The highest BCUT2D eigenvalue weighted by Gasteiger charge is 2.09. The Kier molecular flexibility index (Phi) is 3.86. The molecule has 0 unspecified atom stereocenters. The molecule has 0 aliphatic heterocycles. The van der Waals surface area contributed by atoms with Crippen LogP contribution in [0.4, 0.5) is 11.6 Å². The fourth-order valence-electron chi connectivity index (χ4n) is 2.08. The molecule has 0 radical (unpaired) electrons. The largest absolute Gasteiger partial charge is 0.324 e. The van der Waals surface area contributed by atoms with Crippen LogP contribution in [0.15, 0.2) is 54.7 Å². The van der Waals surface area contributed by atoms with Crippen LogP contribution in [-0.2, 0) is 0 Å². The minimum absolute atomic E-state index is 0.558. The van der Waals surface area contributed by atoms with Gasteiger partial charge in [-0.25, -0.2) is 4.98 Å². The molecule has 106 valence electrons. The number of hydrogen-bond donors (Lipinski definition) is 1. The maximum atomic E-state index is 6.20. The molecule has 2 aromatic carbocycles. The molecule has 1 aromatic heterocycles. The summed E-state index contributed by atoms with van der Waals surface area (Å²) in [7, 11) is 0. The van der Waals surface area contributed by atoms with Gasteiger partial charge in [0.1, 0.15) is 0 Å². The van der Waals surface area contributed by atoms with Crippen LogP contribution in [0.25, 0.3) is 5.69 Å². The molecule has 0 bridgehead atoms. The van der Waals surface area contributed by atoms with Crippen LogP contribution in [0, 0.1) is 6.92 Å². The van der Waals surface area contributed by atoms with Crippen molar-refractivity contribution < 1.29 is 0 Å². The summed E-state index contributed by atoms with van der Waals surface area (Å²) in [6.07, 6.45) is 1.97. The SMILES string of the molecule is Cc1cn(-c2ccccc2)c(Nc2ccc(Cl)cc2Cl)n1. The molecule has 5 heteroatoms. The van der Waals surface area contributed by atoms with Crippen molar-refractivity contribution in [2.75, 3.05) is 5.32 Å². The Morgan fingerprint density at radius 1 is 1.05 bits per heavy atom. The lowest BCUT2D eigenvalue weighted by atomic mass is 10.3. The van der Waals surface area contributed by atoms with E-state index in [1.54, 1.807) is 12.1 Å². The second kappa shape index (κ2) is 5.80. The summed E-state index contributed by atoms with van der Waals surface area (Å²) in [5.74, 6) is 0.711. The van der Waals surface area contributed by atoms with Gasteiger partial charge in [0.05, 0.1) is 16.4 Å². The summed E-state index contributed by atoms with van der Waals surface area (Å²) >= 11 is 12.1. The van der Waals surface area contributed by atoms with Crippen molar-refractivity contribution in [1.29, 1.82) is 0 Å². The summed E-state index contributed by atoms with van der Waals surface area (Å²) in [6.45, 7) is 1.95. The first-order valence-corrected chi connectivity index (χ1v) is 7.22. The minimum atomic E-state index is 0.558. The van der Waals surface area contributed by atoms with Crippen molar-refractivity contribution in [3.8, 4) is 5.69 Å². The number of nitrogens with one attached hydrogen (secondary N) is 1. The van der Waals surface area contributed by atoms with Crippen LogP contribution in [0.1, 0.15) is 5.69 Å². The van der Waals surface area contributed by atoms with Gasteiger partial charge >= 0.3 is 0 Å². The van der Waals surface area contributed by atoms with Gasteiger partial charge < -0.3 is 5.32 Å². The highest BCUT2D eigenvalue weighted by Crippen LogP contribution is 2.29. The Hall–Kier alpha value is -1.97. The normalized spacial score (nSPS) is 10.6. The van der Waals surface area contributed by atoms with Crippen molar-refractivity contribution in [3.05, 3.63) is 70.5 Å². The van der Waals surface area contributed by atoms with Gasteiger partial charge in [-0.15, -0.1) is 0 Å². The number of nitrogens with zero attached hydrogens (tertiary/aromatic N) is 2. The summed E-state index contributed by atoms with van der Waals surface area (Å²) in [4.78, 5) is 4.51. The predicted molar refractivity (Wildman–Crippen MR) is 88.0 cm³/mol. The van der Waals surface area contributed by atoms with Crippen LogP contribution < -0.4 is 5.32 Å². The van der Waals surface area contributed by atoms with Crippen LogP contribution in [0.5, 0.6) is 0 Å². The first-order valence-electron chi connectivity index (χ1n) is 6.47. The number of para-hydroxylation sites is 1. The van der Waals surface area contributed by atoms with E-state index in [1.165, 1.54) is 0 Å². The molecule has 0 spiro atoms. The maximum Gasteiger partial charge on any atom is 0.212 e. The molecular weight excluding hydrogens is 305 g/mol. The van der Waals surface area contributed by atoms with E-state index in [4.69, 9.17) is 23.2 Å². The second-order valence-electron chi connectivity index (χ2n) is 4.66. The van der Waals surface area contributed by atoms with E-state index in [9.17, 15) is 0 Å². The van der Waals surface area contributed by atoms with E-state index in [-0.39, 0.29) is 0 Å². The van der Waals surface area contributed by atoms with Crippen molar-refractivity contribution in [2.24, 2.45) is 0 Å². The number of anilines is 2. The summed E-state index contributed by atoms with van der Waals surface area (Å²) in [5, 5.41) is 4.41. The second-order valence-corrected chi connectivity index (χ2v) is 5.50. The predicted octanol–water partition coefficient (Wildman–Crippen LogP) is 5.23. The van der Waals surface area contributed by atoms with Crippen molar-refractivity contribution >= 4 is 34.8 Å². The van der Waals surface area contributed by atoms with Gasteiger partial charge in [0.25, 0.3) is 0 Å². The topological polar surface area (TPSA) is 29.9 Å². The third-order valence-corrected chi connectivity index (χ3v) is 3.59. The number of aromatic nitrogens is 2. The van der Waals surface area contributed by atoms with Crippen LogP contribution in [-0.4, -0.2) is 9.55 Å². The monoisotopic (exact) mass is 317 g/mol. The van der Waals surface area contributed by atoms with Gasteiger partial charge in [-0.2, -0.15) is 0 Å². The zero-order chi connectivity index (χ0) is 14.8. The molecule has 21 heavy (non-hydrogen) atoms. The fraction of sp³-hybridized carbons (Fsp3) is 0.0625. The third-order valence-electron chi connectivity index (χ3n) is 3.04. The molecule has 3 aromatic rings.